The molecule has 10 nitrogen and oxygen atoms in total. The summed E-state index contributed by atoms with van der Waals surface area (Å²) in [6.45, 7) is 5.64. The van der Waals surface area contributed by atoms with E-state index in [9.17, 15) is 9.59 Å². The molecule has 0 aliphatic heterocycles. The smallest absolute Gasteiger partial charge is 0.246 e. The molecular formula is C27H37ClN8O2. The molecule has 11 heteroatoms. The summed E-state index contributed by atoms with van der Waals surface area (Å²) >= 11 is 6.00. The summed E-state index contributed by atoms with van der Waals surface area (Å²) in [5.74, 6) is 6.88. The van der Waals surface area contributed by atoms with Gasteiger partial charge in [0.15, 0.2) is 0 Å². The Hall–Kier alpha value is -3.68. The summed E-state index contributed by atoms with van der Waals surface area (Å²) in [6.07, 6.45) is 10.3. The first kappa shape index (κ1) is 30.5. The first-order valence-corrected chi connectivity index (χ1v) is 12.9. The molecule has 1 atom stereocenters. The zero-order valence-corrected chi connectivity index (χ0v) is 23.5. The van der Waals surface area contributed by atoms with E-state index in [1.807, 2.05) is 19.0 Å². The van der Waals surface area contributed by atoms with E-state index in [1.54, 1.807) is 44.7 Å². The third kappa shape index (κ3) is 10.7. The number of hydrogen-bond donors (Lipinski definition) is 3. The highest BCUT2D eigenvalue weighted by atomic mass is 35.5. The number of pyridine rings is 1. The molecular weight excluding hydrogens is 504 g/mol. The van der Waals surface area contributed by atoms with Crippen LogP contribution in [-0.2, 0) is 9.59 Å². The monoisotopic (exact) mass is 540 g/mol. The lowest BCUT2D eigenvalue weighted by Gasteiger charge is -2.23. The van der Waals surface area contributed by atoms with Gasteiger partial charge in [-0.15, -0.1) is 0 Å². The maximum absolute atomic E-state index is 12.4. The lowest BCUT2D eigenvalue weighted by Crippen LogP contribution is -2.45. The minimum atomic E-state index is -0.572. The zero-order chi connectivity index (χ0) is 27.9. The molecule has 0 radical (unpaired) electrons. The van der Waals surface area contributed by atoms with E-state index in [0.29, 0.717) is 54.0 Å². The van der Waals surface area contributed by atoms with Crippen LogP contribution >= 0.6 is 11.6 Å². The van der Waals surface area contributed by atoms with Crippen LogP contribution in [0, 0.1) is 11.8 Å². The van der Waals surface area contributed by atoms with E-state index in [-0.39, 0.29) is 11.8 Å². The fourth-order valence-electron chi connectivity index (χ4n) is 3.06. The van der Waals surface area contributed by atoms with Crippen LogP contribution < -0.4 is 16.0 Å². The van der Waals surface area contributed by atoms with Crippen molar-refractivity contribution in [1.29, 1.82) is 0 Å². The van der Waals surface area contributed by atoms with Crippen molar-refractivity contribution in [2.24, 2.45) is 0 Å². The Morgan fingerprint density at radius 2 is 1.97 bits per heavy atom. The standard InChI is InChI=1S/C27H37ClN8O2/c1-6-13-30-25-21(17-32-27(34-25)33-23-16-22(28)18-29-19-23)11-8-7-9-14-31-26(38)20(2)36(5)24(37)12-10-15-35(3)4/h10,12,16-20H,6-7,9,13-15H2,1-5H3,(H,31,38)(H2,30,32,33,34)/b12-10+/t20-/m0/s1. The summed E-state index contributed by atoms with van der Waals surface area (Å²) in [6, 6.07) is 1.17. The summed E-state index contributed by atoms with van der Waals surface area (Å²) < 4.78 is 0. The summed E-state index contributed by atoms with van der Waals surface area (Å²) in [5, 5.41) is 9.77. The van der Waals surface area contributed by atoms with Gasteiger partial charge in [-0.1, -0.05) is 36.4 Å². The highest BCUT2D eigenvalue weighted by Crippen LogP contribution is 2.19. The van der Waals surface area contributed by atoms with Crippen LogP contribution in [0.4, 0.5) is 17.5 Å². The maximum Gasteiger partial charge on any atom is 0.246 e. The van der Waals surface area contributed by atoms with Gasteiger partial charge in [0.1, 0.15) is 11.9 Å². The number of hydrogen-bond acceptors (Lipinski definition) is 8. The Labute approximate surface area is 230 Å². The largest absolute Gasteiger partial charge is 0.369 e. The van der Waals surface area contributed by atoms with E-state index < -0.39 is 6.04 Å². The fourth-order valence-corrected chi connectivity index (χ4v) is 3.24. The molecule has 0 aliphatic carbocycles. The van der Waals surface area contributed by atoms with E-state index >= 15 is 0 Å². The van der Waals surface area contributed by atoms with Gasteiger partial charge < -0.3 is 25.8 Å². The zero-order valence-electron chi connectivity index (χ0n) is 22.7. The van der Waals surface area contributed by atoms with E-state index in [0.717, 1.165) is 13.0 Å². The number of amides is 2. The first-order valence-electron chi connectivity index (χ1n) is 12.5. The second kappa shape index (κ2) is 16.2. The lowest BCUT2D eigenvalue weighted by atomic mass is 10.2. The Balaban J connectivity index is 1.87. The molecule has 0 bridgehead atoms. The average molecular weight is 541 g/mol. The van der Waals surface area contributed by atoms with Gasteiger partial charge in [-0.2, -0.15) is 4.98 Å². The van der Waals surface area contributed by atoms with E-state index in [2.05, 4.69) is 49.7 Å². The van der Waals surface area contributed by atoms with Gasteiger partial charge in [-0.05, 0) is 39.9 Å². The first-order chi connectivity index (χ1) is 18.2. The number of nitrogens with one attached hydrogen (secondary N) is 3. The van der Waals surface area contributed by atoms with Crippen LogP contribution in [-0.4, -0.2) is 83.4 Å². The molecule has 38 heavy (non-hydrogen) atoms. The Morgan fingerprint density at radius 3 is 2.68 bits per heavy atom. The molecule has 0 aliphatic rings. The second-order valence-electron chi connectivity index (χ2n) is 8.89. The number of nitrogens with zero attached hydrogens (tertiary/aromatic N) is 5. The van der Waals surface area contributed by atoms with Gasteiger partial charge in [0, 0.05) is 45.4 Å². The van der Waals surface area contributed by atoms with Crippen molar-refractivity contribution in [1.82, 2.24) is 30.1 Å². The van der Waals surface area contributed by atoms with Crippen molar-refractivity contribution >= 4 is 40.9 Å². The highest BCUT2D eigenvalue weighted by molar-refractivity contribution is 6.30. The van der Waals surface area contributed by atoms with E-state index in [4.69, 9.17) is 11.6 Å². The van der Waals surface area contributed by atoms with Crippen molar-refractivity contribution < 1.29 is 9.59 Å². The quantitative estimate of drug-likeness (QED) is 0.201. The molecule has 204 valence electrons. The minimum absolute atomic E-state index is 0.202. The van der Waals surface area contributed by atoms with Crippen LogP contribution in [0.25, 0.3) is 0 Å². The molecule has 0 fully saturated rings. The molecule has 3 N–H and O–H groups in total. The van der Waals surface area contributed by atoms with E-state index in [1.165, 1.54) is 11.0 Å². The molecule has 0 unspecified atom stereocenters. The van der Waals surface area contributed by atoms with Gasteiger partial charge in [0.25, 0.3) is 0 Å². The Bertz CT molecular complexity index is 1160. The van der Waals surface area contributed by atoms with Crippen LogP contribution in [0.5, 0.6) is 0 Å². The van der Waals surface area contributed by atoms with Gasteiger partial charge in [0.05, 0.1) is 28.7 Å². The number of likely N-dealkylation sites (N-methyl/N-ethyl adjacent to an activating group) is 2. The third-order valence-corrected chi connectivity index (χ3v) is 5.54. The molecule has 0 aromatic carbocycles. The van der Waals surface area contributed by atoms with Crippen molar-refractivity contribution in [3.05, 3.63) is 47.4 Å². The molecule has 0 saturated heterocycles. The molecule has 2 aromatic rings. The second-order valence-corrected chi connectivity index (χ2v) is 9.32. The van der Waals surface area contributed by atoms with Crippen molar-refractivity contribution in [2.75, 3.05) is 51.4 Å². The van der Waals surface area contributed by atoms with Gasteiger partial charge in [0.2, 0.25) is 17.8 Å². The van der Waals surface area contributed by atoms with Crippen molar-refractivity contribution in [2.45, 2.75) is 39.2 Å². The van der Waals surface area contributed by atoms with Gasteiger partial charge >= 0.3 is 0 Å². The third-order valence-electron chi connectivity index (χ3n) is 5.33. The number of rotatable bonds is 13. The van der Waals surface area contributed by atoms with Crippen molar-refractivity contribution in [3.8, 4) is 11.8 Å². The van der Waals surface area contributed by atoms with Gasteiger partial charge in [-0.25, -0.2) is 4.98 Å². The molecule has 0 saturated carbocycles. The normalized spacial score (nSPS) is 11.6. The number of carbonyl (C=O) groups excluding carboxylic acids is 2. The fraction of sp³-hybridized carbons (Fsp3) is 0.444. The number of aromatic nitrogens is 3. The number of carbonyl (C=O) groups is 2. The number of halogens is 1. The summed E-state index contributed by atoms with van der Waals surface area (Å²) in [4.78, 5) is 41.0. The molecule has 2 rings (SSSR count). The predicted octanol–water partition coefficient (Wildman–Crippen LogP) is 3.30. The molecule has 2 aromatic heterocycles. The maximum atomic E-state index is 12.4. The van der Waals surface area contributed by atoms with Crippen molar-refractivity contribution in [3.63, 3.8) is 0 Å². The lowest BCUT2D eigenvalue weighted by molar-refractivity contribution is -0.135. The van der Waals surface area contributed by atoms with Gasteiger partial charge in [-0.3, -0.25) is 14.6 Å². The molecule has 2 heterocycles. The van der Waals surface area contributed by atoms with Crippen LogP contribution in [0.3, 0.4) is 0 Å². The minimum Gasteiger partial charge on any atom is -0.369 e. The Morgan fingerprint density at radius 1 is 1.18 bits per heavy atom. The number of anilines is 3. The average Bonchev–Trinajstić information content (AvgIpc) is 2.88. The molecule has 2 amide bonds. The topological polar surface area (TPSA) is 115 Å². The number of unbranched alkanes of at least 4 members (excludes halogenated alkanes) is 1. The Kier molecular flexibility index (Phi) is 13.0. The van der Waals surface area contributed by atoms with Crippen LogP contribution in [0.2, 0.25) is 5.02 Å². The molecule has 0 spiro atoms. The summed E-state index contributed by atoms with van der Waals surface area (Å²) in [5.41, 5.74) is 1.37. The predicted molar refractivity (Wildman–Crippen MR) is 152 cm³/mol. The van der Waals surface area contributed by atoms with Crippen LogP contribution in [0.1, 0.15) is 38.7 Å². The SMILES string of the molecule is CCCNc1nc(Nc2cncc(Cl)c2)ncc1C#CCCCNC(=O)[C@H](C)N(C)C(=O)/C=C/CN(C)C. The summed E-state index contributed by atoms with van der Waals surface area (Å²) in [7, 11) is 5.46. The van der Waals surface area contributed by atoms with Crippen LogP contribution in [0.15, 0.2) is 36.8 Å². The highest BCUT2D eigenvalue weighted by Gasteiger charge is 2.20.